The zero-order valence-electron chi connectivity index (χ0n) is 19.6. The maximum Gasteiger partial charge on any atom is 0.224 e. The van der Waals surface area contributed by atoms with Gasteiger partial charge in [0.15, 0.2) is 5.16 Å². The highest BCUT2D eigenvalue weighted by molar-refractivity contribution is 7.99. The first kappa shape index (κ1) is 23.3. The van der Waals surface area contributed by atoms with Gasteiger partial charge in [0.05, 0.1) is 0 Å². The van der Waals surface area contributed by atoms with Gasteiger partial charge in [-0.2, -0.15) is 5.10 Å². The van der Waals surface area contributed by atoms with Crippen molar-refractivity contribution in [1.82, 2.24) is 20.7 Å². The molecule has 0 aliphatic carbocycles. The smallest absolute Gasteiger partial charge is 0.224 e. The average Bonchev–Trinajstić information content (AvgIpc) is 3.18. The van der Waals surface area contributed by atoms with Crippen molar-refractivity contribution >= 4 is 40.7 Å². The lowest BCUT2D eigenvalue weighted by Crippen LogP contribution is -2.54. The molecule has 3 unspecified atom stereocenters. The van der Waals surface area contributed by atoms with Crippen LogP contribution in [0, 0.1) is 0 Å². The Balaban J connectivity index is 1.55. The summed E-state index contributed by atoms with van der Waals surface area (Å²) >= 11 is 1.51. The fourth-order valence-electron chi connectivity index (χ4n) is 4.01. The van der Waals surface area contributed by atoms with Crippen molar-refractivity contribution in [1.29, 1.82) is 0 Å². The van der Waals surface area contributed by atoms with E-state index in [1.165, 1.54) is 11.8 Å². The summed E-state index contributed by atoms with van der Waals surface area (Å²) in [4.78, 5) is 24.6. The third kappa shape index (κ3) is 6.35. The summed E-state index contributed by atoms with van der Waals surface area (Å²) < 4.78 is 0. The van der Waals surface area contributed by atoms with Crippen LogP contribution in [0.2, 0.25) is 0 Å². The van der Waals surface area contributed by atoms with Crippen LogP contribution in [0.25, 0.3) is 0 Å². The van der Waals surface area contributed by atoms with E-state index >= 15 is 0 Å². The fourth-order valence-corrected chi connectivity index (χ4v) is 4.77. The van der Waals surface area contributed by atoms with Crippen molar-refractivity contribution in [2.24, 2.45) is 5.10 Å². The van der Waals surface area contributed by atoms with E-state index in [4.69, 9.17) is 9.97 Å². The molecule has 4 rings (SSSR count). The summed E-state index contributed by atoms with van der Waals surface area (Å²) in [5.41, 5.74) is 4.97. The number of carbonyl (C=O) groups excluding carboxylic acids is 1. The standard InChI is InChI=1S/C23H32N8OS/c1-5-22(32)25-17-6-8-18(9-7-17)33-23-27-19(26-20-10-14(2)29-30-20)11-21(28-23)31-12-15(3)24-16(4)13-31/h6-9,11,15-16,20,24,30H,5,10,12-13H2,1-4H3,(H,25,32)(H,26,27,28). The van der Waals surface area contributed by atoms with E-state index in [0.29, 0.717) is 23.7 Å². The Bertz CT molecular complexity index is 1000. The summed E-state index contributed by atoms with van der Waals surface area (Å²) in [5, 5.41) is 14.9. The van der Waals surface area contributed by atoms with Crippen molar-refractivity contribution < 1.29 is 4.79 Å². The predicted octanol–water partition coefficient (Wildman–Crippen LogP) is 3.27. The lowest BCUT2D eigenvalue weighted by atomic mass is 10.1. The zero-order valence-corrected chi connectivity index (χ0v) is 20.4. The summed E-state index contributed by atoms with van der Waals surface area (Å²) in [6, 6.07) is 10.5. The highest BCUT2D eigenvalue weighted by atomic mass is 32.2. The molecule has 176 valence electrons. The molecule has 2 aliphatic rings. The Labute approximate surface area is 199 Å². The van der Waals surface area contributed by atoms with Crippen LogP contribution >= 0.6 is 11.8 Å². The van der Waals surface area contributed by atoms with E-state index in [-0.39, 0.29) is 12.1 Å². The van der Waals surface area contributed by atoms with Crippen LogP contribution < -0.4 is 26.3 Å². The third-order valence-electron chi connectivity index (χ3n) is 5.47. The molecule has 0 bridgehead atoms. The van der Waals surface area contributed by atoms with Crippen molar-refractivity contribution in [3.8, 4) is 0 Å². The van der Waals surface area contributed by atoms with Crippen LogP contribution in [-0.2, 0) is 4.79 Å². The van der Waals surface area contributed by atoms with Crippen LogP contribution in [0.3, 0.4) is 0 Å². The average molecular weight is 469 g/mol. The third-order valence-corrected chi connectivity index (χ3v) is 6.35. The topological polar surface area (TPSA) is 107 Å². The molecule has 3 heterocycles. The number of rotatable bonds is 7. The van der Waals surface area contributed by atoms with Crippen LogP contribution in [0.15, 0.2) is 45.5 Å². The molecular formula is C23H32N8OS. The van der Waals surface area contributed by atoms with Gasteiger partial charge in [0.2, 0.25) is 5.91 Å². The molecule has 3 atom stereocenters. The zero-order chi connectivity index (χ0) is 23.4. The van der Waals surface area contributed by atoms with Gasteiger partial charge >= 0.3 is 0 Å². The first-order chi connectivity index (χ1) is 15.9. The van der Waals surface area contributed by atoms with Gasteiger partial charge in [-0.15, -0.1) is 0 Å². The molecule has 0 saturated carbocycles. The normalized spacial score (nSPS) is 22.5. The number of amides is 1. The molecule has 10 heteroatoms. The Morgan fingerprint density at radius 1 is 1.18 bits per heavy atom. The van der Waals surface area contributed by atoms with Gasteiger partial charge in [0, 0.05) is 60.4 Å². The van der Waals surface area contributed by atoms with Gasteiger partial charge in [-0.25, -0.2) is 9.97 Å². The largest absolute Gasteiger partial charge is 0.353 e. The molecule has 2 aromatic rings. The van der Waals surface area contributed by atoms with E-state index in [1.54, 1.807) is 0 Å². The molecule has 4 N–H and O–H groups in total. The number of piperazine rings is 1. The van der Waals surface area contributed by atoms with Gasteiger partial charge in [-0.3, -0.25) is 10.2 Å². The quantitative estimate of drug-likeness (QED) is 0.459. The second kappa shape index (κ2) is 10.4. The Kier molecular flexibility index (Phi) is 7.34. The highest BCUT2D eigenvalue weighted by Crippen LogP contribution is 2.30. The van der Waals surface area contributed by atoms with E-state index < -0.39 is 0 Å². The highest BCUT2D eigenvalue weighted by Gasteiger charge is 2.24. The predicted molar refractivity (Wildman–Crippen MR) is 134 cm³/mol. The molecule has 1 aromatic heterocycles. The molecule has 1 saturated heterocycles. The first-order valence-electron chi connectivity index (χ1n) is 11.4. The molecule has 1 fully saturated rings. The Hall–Kier alpha value is -2.85. The summed E-state index contributed by atoms with van der Waals surface area (Å²) in [7, 11) is 0. The van der Waals surface area contributed by atoms with Crippen molar-refractivity contribution in [3.63, 3.8) is 0 Å². The van der Waals surface area contributed by atoms with Crippen LogP contribution in [0.1, 0.15) is 40.5 Å². The van der Waals surface area contributed by atoms with Crippen LogP contribution in [-0.4, -0.2) is 52.9 Å². The van der Waals surface area contributed by atoms with Crippen molar-refractivity contribution in [2.75, 3.05) is 28.6 Å². The van der Waals surface area contributed by atoms with Gasteiger partial charge in [0.1, 0.15) is 17.8 Å². The summed E-state index contributed by atoms with van der Waals surface area (Å²) in [5.74, 6) is 1.69. The number of hydrazone groups is 1. The Morgan fingerprint density at radius 3 is 2.55 bits per heavy atom. The number of nitrogens with zero attached hydrogens (tertiary/aromatic N) is 4. The molecular weight excluding hydrogens is 436 g/mol. The molecule has 9 nitrogen and oxygen atoms in total. The number of benzene rings is 1. The van der Waals surface area contributed by atoms with Gasteiger partial charge in [-0.1, -0.05) is 6.92 Å². The summed E-state index contributed by atoms with van der Waals surface area (Å²) in [6.45, 7) is 10.0. The monoisotopic (exact) mass is 468 g/mol. The number of nitrogens with one attached hydrogen (secondary N) is 4. The van der Waals surface area contributed by atoms with Crippen LogP contribution in [0.4, 0.5) is 17.3 Å². The molecule has 1 aromatic carbocycles. The van der Waals surface area contributed by atoms with Gasteiger partial charge in [-0.05, 0) is 56.8 Å². The van der Waals surface area contributed by atoms with E-state index in [0.717, 1.165) is 47.4 Å². The Morgan fingerprint density at radius 2 is 1.91 bits per heavy atom. The molecule has 0 radical (unpaired) electrons. The van der Waals surface area contributed by atoms with E-state index in [1.807, 2.05) is 44.2 Å². The minimum absolute atomic E-state index is 0.00127. The molecule has 2 aliphatic heterocycles. The summed E-state index contributed by atoms with van der Waals surface area (Å²) in [6.07, 6.45) is 1.30. The lowest BCUT2D eigenvalue weighted by Gasteiger charge is -2.37. The number of anilines is 3. The lowest BCUT2D eigenvalue weighted by molar-refractivity contribution is -0.115. The maximum absolute atomic E-state index is 11.6. The number of hydrogen-bond donors (Lipinski definition) is 4. The van der Waals surface area contributed by atoms with Gasteiger partial charge < -0.3 is 20.9 Å². The minimum atomic E-state index is 0.00127. The van der Waals surface area contributed by atoms with E-state index in [2.05, 4.69) is 45.2 Å². The van der Waals surface area contributed by atoms with Crippen LogP contribution in [0.5, 0.6) is 0 Å². The second-order valence-electron chi connectivity index (χ2n) is 8.67. The van der Waals surface area contributed by atoms with Crippen molar-refractivity contribution in [3.05, 3.63) is 30.3 Å². The molecule has 33 heavy (non-hydrogen) atoms. The first-order valence-corrected chi connectivity index (χ1v) is 12.2. The second-order valence-corrected chi connectivity index (χ2v) is 9.71. The SMILES string of the molecule is CCC(=O)Nc1ccc(Sc2nc(NC3CC(C)=NN3)cc(N3CC(C)NC(C)C3)n2)cc1. The number of aromatic nitrogens is 2. The number of carbonyl (C=O) groups is 1. The number of hydrogen-bond acceptors (Lipinski definition) is 9. The minimum Gasteiger partial charge on any atom is -0.353 e. The fraction of sp³-hybridized carbons (Fsp3) is 0.478. The van der Waals surface area contributed by atoms with Gasteiger partial charge in [0.25, 0.3) is 0 Å². The van der Waals surface area contributed by atoms with Crippen molar-refractivity contribution in [2.45, 2.75) is 68.8 Å². The molecule has 0 spiro atoms. The molecule has 1 amide bonds. The maximum atomic E-state index is 11.6. The van der Waals surface area contributed by atoms with E-state index in [9.17, 15) is 4.79 Å².